The minimum absolute atomic E-state index is 0.121. The van der Waals surface area contributed by atoms with Crippen LogP contribution in [0.5, 0.6) is 0 Å². The second-order valence-electron chi connectivity index (χ2n) is 2.96. The Labute approximate surface area is 106 Å². The van der Waals surface area contributed by atoms with Gasteiger partial charge in [-0.3, -0.25) is 4.79 Å². The molecule has 4 nitrogen and oxygen atoms in total. The summed E-state index contributed by atoms with van der Waals surface area (Å²) in [6.45, 7) is 4.54. The molecule has 0 radical (unpaired) electrons. The van der Waals surface area contributed by atoms with E-state index in [-0.39, 0.29) is 18.0 Å². The van der Waals surface area contributed by atoms with Gasteiger partial charge in [-0.1, -0.05) is 15.9 Å². The molecule has 0 aliphatic heterocycles. The summed E-state index contributed by atoms with van der Waals surface area (Å²) in [5, 5.41) is 0.770. The quantitative estimate of drug-likeness (QED) is 0.284. The number of ether oxygens (including phenoxy) is 1. The lowest BCUT2D eigenvalue weighted by molar-refractivity contribution is -0.143. The van der Waals surface area contributed by atoms with Crippen LogP contribution in [0, 0.1) is 0 Å². The molecule has 0 spiro atoms. The third-order valence-corrected chi connectivity index (χ3v) is 5.12. The number of aldehydes is 1. The maximum absolute atomic E-state index is 11.3. The maximum Gasteiger partial charge on any atom is 0.306 e. The van der Waals surface area contributed by atoms with Crippen molar-refractivity contribution in [2.45, 2.75) is 25.9 Å². The van der Waals surface area contributed by atoms with E-state index in [4.69, 9.17) is 9.26 Å². The third-order valence-electron chi connectivity index (χ3n) is 1.81. The molecule has 0 rings (SSSR count). The van der Waals surface area contributed by atoms with Crippen LogP contribution in [0.15, 0.2) is 0 Å². The van der Waals surface area contributed by atoms with Crippen LogP contribution in [0.25, 0.3) is 0 Å². The van der Waals surface area contributed by atoms with Crippen LogP contribution in [-0.2, 0) is 18.8 Å². The second kappa shape index (κ2) is 10.2. The zero-order chi connectivity index (χ0) is 12.4. The maximum atomic E-state index is 11.3. The molecule has 0 aromatic rings. The molecule has 0 N–H and O–H groups in total. The fraction of sp³-hybridized carbons (Fsp3) is 0.800. The van der Waals surface area contributed by atoms with Crippen molar-refractivity contribution in [2.24, 2.45) is 0 Å². The average Bonchev–Trinajstić information content (AvgIpc) is 2.26. The Kier molecular flexibility index (Phi) is 10.2. The summed E-state index contributed by atoms with van der Waals surface area (Å²) in [5.41, 5.74) is -0.355. The van der Waals surface area contributed by atoms with Crippen LogP contribution >= 0.6 is 24.1 Å². The van der Waals surface area contributed by atoms with Crippen molar-refractivity contribution in [1.82, 2.24) is 0 Å². The van der Waals surface area contributed by atoms with Crippen molar-refractivity contribution in [2.75, 3.05) is 24.7 Å². The first-order valence-corrected chi connectivity index (χ1v) is 7.89. The Balaban J connectivity index is 4.29. The van der Waals surface area contributed by atoms with E-state index in [9.17, 15) is 9.59 Å². The molecule has 0 fully saturated rings. The molecule has 2 atom stereocenters. The Morgan fingerprint density at radius 2 is 2.12 bits per heavy atom. The number of rotatable bonds is 9. The number of halogens is 1. The van der Waals surface area contributed by atoms with Gasteiger partial charge in [0, 0.05) is 26.2 Å². The van der Waals surface area contributed by atoms with Crippen LogP contribution in [0.4, 0.5) is 0 Å². The first-order valence-electron chi connectivity index (χ1n) is 5.25. The first kappa shape index (κ1) is 16.0. The van der Waals surface area contributed by atoms with E-state index < -0.39 is 8.15 Å². The Morgan fingerprint density at radius 1 is 1.44 bits per heavy atom. The minimum Gasteiger partial charge on any atom is -0.466 e. The topological polar surface area (TPSA) is 52.6 Å². The molecule has 0 saturated heterocycles. The fourth-order valence-corrected chi connectivity index (χ4v) is 3.87. The van der Waals surface area contributed by atoms with Gasteiger partial charge in [-0.05, 0) is 13.8 Å². The number of carbonyl (C=O) groups is 2. The molecule has 0 aliphatic rings. The van der Waals surface area contributed by atoms with Crippen LogP contribution in [-0.4, -0.2) is 42.6 Å². The predicted octanol–water partition coefficient (Wildman–Crippen LogP) is 2.34. The molecular formula is C10H18BrO4P. The van der Waals surface area contributed by atoms with E-state index in [2.05, 4.69) is 15.9 Å². The van der Waals surface area contributed by atoms with Crippen LogP contribution in [0.3, 0.4) is 0 Å². The summed E-state index contributed by atoms with van der Waals surface area (Å²) >= 11 is 3.32. The zero-order valence-corrected chi connectivity index (χ0v) is 12.1. The van der Waals surface area contributed by atoms with Crippen molar-refractivity contribution < 1.29 is 18.8 Å². The molecule has 0 saturated carbocycles. The standard InChI is InChI=1S/C10H18BrO4P/c1-3-14-10(13)7-9(8-12)16(6-5-11)15-4-2/h8-9H,3-7H2,1-2H3. The smallest absolute Gasteiger partial charge is 0.306 e. The summed E-state index contributed by atoms with van der Waals surface area (Å²) < 4.78 is 10.3. The zero-order valence-electron chi connectivity index (χ0n) is 9.65. The molecule has 0 amide bonds. The molecule has 0 bridgehead atoms. The number of alkyl halides is 1. The summed E-state index contributed by atoms with van der Waals surface area (Å²) in [7, 11) is -0.883. The Bertz CT molecular complexity index is 207. The van der Waals surface area contributed by atoms with Crippen LogP contribution in [0.2, 0.25) is 0 Å². The first-order chi connectivity index (χ1) is 7.69. The summed E-state index contributed by atoms with van der Waals surface area (Å²) in [4.78, 5) is 22.2. The van der Waals surface area contributed by atoms with Crippen molar-refractivity contribution >= 4 is 36.3 Å². The minimum atomic E-state index is -0.883. The van der Waals surface area contributed by atoms with Gasteiger partial charge in [0.2, 0.25) is 0 Å². The van der Waals surface area contributed by atoms with Crippen LogP contribution in [0.1, 0.15) is 20.3 Å². The lowest BCUT2D eigenvalue weighted by Gasteiger charge is -2.21. The van der Waals surface area contributed by atoms with E-state index in [0.717, 1.165) is 17.8 Å². The molecule has 0 aromatic carbocycles. The molecule has 16 heavy (non-hydrogen) atoms. The largest absolute Gasteiger partial charge is 0.466 e. The number of hydrogen-bond acceptors (Lipinski definition) is 4. The highest BCUT2D eigenvalue weighted by Crippen LogP contribution is 2.43. The van der Waals surface area contributed by atoms with Gasteiger partial charge >= 0.3 is 5.97 Å². The van der Waals surface area contributed by atoms with Crippen molar-refractivity contribution in [3.63, 3.8) is 0 Å². The molecule has 6 heteroatoms. The van der Waals surface area contributed by atoms with Crippen LogP contribution < -0.4 is 0 Å². The van der Waals surface area contributed by atoms with Gasteiger partial charge in [0.1, 0.15) is 6.29 Å². The monoisotopic (exact) mass is 312 g/mol. The molecule has 94 valence electrons. The van der Waals surface area contributed by atoms with Gasteiger partial charge in [-0.2, -0.15) is 0 Å². The SMILES string of the molecule is CCOC(=O)CC(C=O)P(CCBr)OCC. The molecule has 0 aliphatic carbocycles. The van der Waals surface area contributed by atoms with Crippen molar-refractivity contribution in [3.05, 3.63) is 0 Å². The lowest BCUT2D eigenvalue weighted by atomic mass is 10.3. The third kappa shape index (κ3) is 6.56. The summed E-state index contributed by atoms with van der Waals surface area (Å²) in [6, 6.07) is 0. The highest BCUT2D eigenvalue weighted by atomic mass is 79.9. The van der Waals surface area contributed by atoms with Gasteiger partial charge < -0.3 is 14.1 Å². The van der Waals surface area contributed by atoms with E-state index in [1.54, 1.807) is 6.92 Å². The normalized spacial score (nSPS) is 14.2. The van der Waals surface area contributed by atoms with E-state index in [1.165, 1.54) is 0 Å². The van der Waals surface area contributed by atoms with Gasteiger partial charge in [-0.15, -0.1) is 0 Å². The Morgan fingerprint density at radius 3 is 2.56 bits per heavy atom. The average molecular weight is 313 g/mol. The van der Waals surface area contributed by atoms with Crippen molar-refractivity contribution in [1.29, 1.82) is 0 Å². The molecular weight excluding hydrogens is 295 g/mol. The number of esters is 1. The number of carbonyl (C=O) groups excluding carboxylic acids is 2. The fourth-order valence-electron chi connectivity index (χ4n) is 1.18. The van der Waals surface area contributed by atoms with Crippen molar-refractivity contribution in [3.8, 4) is 0 Å². The van der Waals surface area contributed by atoms with Gasteiger partial charge in [0.05, 0.1) is 18.7 Å². The molecule has 2 unspecified atom stereocenters. The summed E-state index contributed by atoms with van der Waals surface area (Å²) in [6.07, 6.45) is 1.70. The van der Waals surface area contributed by atoms with Gasteiger partial charge in [-0.25, -0.2) is 0 Å². The highest BCUT2D eigenvalue weighted by molar-refractivity contribution is 9.09. The van der Waals surface area contributed by atoms with E-state index in [1.807, 2.05) is 6.92 Å². The lowest BCUT2D eigenvalue weighted by Crippen LogP contribution is -2.18. The molecule has 0 aromatic heterocycles. The predicted molar refractivity (Wildman–Crippen MR) is 68.3 cm³/mol. The number of hydrogen-bond donors (Lipinski definition) is 0. The second-order valence-corrected chi connectivity index (χ2v) is 5.96. The van der Waals surface area contributed by atoms with E-state index >= 15 is 0 Å². The molecule has 0 heterocycles. The highest BCUT2D eigenvalue weighted by Gasteiger charge is 2.24. The summed E-state index contributed by atoms with van der Waals surface area (Å²) in [5.74, 6) is -0.332. The Hall–Kier alpha value is 0.01000. The van der Waals surface area contributed by atoms with E-state index in [0.29, 0.717) is 13.2 Å². The van der Waals surface area contributed by atoms with Gasteiger partial charge in [0.15, 0.2) is 0 Å². The van der Waals surface area contributed by atoms with Gasteiger partial charge in [0.25, 0.3) is 0 Å².